The molecule has 1 heteroatoms. The van der Waals surface area contributed by atoms with Gasteiger partial charge in [0.25, 0.3) is 0 Å². The molecule has 2 N–H and O–H groups in total. The molecule has 0 amide bonds. The van der Waals surface area contributed by atoms with Crippen molar-refractivity contribution in [2.24, 2.45) is 17.1 Å². The number of hydrogen-bond acceptors (Lipinski definition) is 1. The highest BCUT2D eigenvalue weighted by molar-refractivity contribution is 5.04. The summed E-state index contributed by atoms with van der Waals surface area (Å²) in [5, 5.41) is 0. The monoisotopic (exact) mass is 167 g/mol. The van der Waals surface area contributed by atoms with Crippen LogP contribution in [-0.2, 0) is 0 Å². The van der Waals surface area contributed by atoms with E-state index in [1.54, 1.807) is 0 Å². The summed E-state index contributed by atoms with van der Waals surface area (Å²) in [5.74, 6) is 0.711. The molecule has 0 unspecified atom stereocenters. The van der Waals surface area contributed by atoms with Crippen LogP contribution in [0.1, 0.15) is 39.5 Å². The second kappa shape index (κ2) is 3.61. The largest absolute Gasteiger partial charge is 0.327 e. The van der Waals surface area contributed by atoms with Gasteiger partial charge in [-0.05, 0) is 37.0 Å². The van der Waals surface area contributed by atoms with Crippen molar-refractivity contribution in [2.45, 2.75) is 39.5 Å². The zero-order valence-electron chi connectivity index (χ0n) is 8.40. The summed E-state index contributed by atoms with van der Waals surface area (Å²) in [6.07, 6.45) is 5.25. The molecule has 1 aliphatic carbocycles. The van der Waals surface area contributed by atoms with E-state index in [0.29, 0.717) is 17.9 Å². The second-order valence-electron chi connectivity index (χ2n) is 4.80. The van der Waals surface area contributed by atoms with E-state index in [2.05, 4.69) is 20.4 Å². The standard InChI is InChI=1S/C11H21N/c1-9(8-12)10-4-6-11(2,3)7-5-10/h10H,1,4-8,12H2,2-3H3. The highest BCUT2D eigenvalue weighted by atomic mass is 14.5. The highest BCUT2D eigenvalue weighted by Crippen LogP contribution is 2.39. The molecule has 0 atom stereocenters. The predicted molar refractivity (Wildman–Crippen MR) is 53.9 cm³/mol. The number of rotatable bonds is 2. The Balaban J connectivity index is 2.41. The van der Waals surface area contributed by atoms with Gasteiger partial charge >= 0.3 is 0 Å². The SMILES string of the molecule is C=C(CN)C1CCC(C)(C)CC1. The molecule has 1 nitrogen and oxygen atoms in total. The fraction of sp³-hybridized carbons (Fsp3) is 0.818. The van der Waals surface area contributed by atoms with E-state index < -0.39 is 0 Å². The number of nitrogens with two attached hydrogens (primary N) is 1. The van der Waals surface area contributed by atoms with Gasteiger partial charge in [0.1, 0.15) is 0 Å². The Morgan fingerprint density at radius 1 is 1.42 bits per heavy atom. The highest BCUT2D eigenvalue weighted by Gasteiger charge is 2.27. The predicted octanol–water partition coefficient (Wildman–Crippen LogP) is 2.72. The van der Waals surface area contributed by atoms with Gasteiger partial charge in [0.05, 0.1) is 0 Å². The zero-order valence-corrected chi connectivity index (χ0v) is 8.40. The number of hydrogen-bond donors (Lipinski definition) is 1. The molecule has 0 aromatic rings. The first-order valence-electron chi connectivity index (χ1n) is 4.93. The average molecular weight is 167 g/mol. The third kappa shape index (κ3) is 2.34. The molecular formula is C11H21N. The van der Waals surface area contributed by atoms with Gasteiger partial charge in [-0.15, -0.1) is 0 Å². The van der Waals surface area contributed by atoms with E-state index in [4.69, 9.17) is 5.73 Å². The third-order valence-electron chi connectivity index (χ3n) is 3.18. The summed E-state index contributed by atoms with van der Waals surface area (Å²) in [6.45, 7) is 9.40. The Morgan fingerprint density at radius 3 is 2.33 bits per heavy atom. The van der Waals surface area contributed by atoms with Gasteiger partial charge in [-0.2, -0.15) is 0 Å². The summed E-state index contributed by atoms with van der Waals surface area (Å²) in [4.78, 5) is 0. The van der Waals surface area contributed by atoms with Crippen LogP contribution in [0.25, 0.3) is 0 Å². The van der Waals surface area contributed by atoms with Gasteiger partial charge in [0.2, 0.25) is 0 Å². The van der Waals surface area contributed by atoms with Crippen LogP contribution < -0.4 is 5.73 Å². The zero-order chi connectivity index (χ0) is 9.19. The van der Waals surface area contributed by atoms with E-state index in [1.165, 1.54) is 31.3 Å². The van der Waals surface area contributed by atoms with Gasteiger partial charge < -0.3 is 5.73 Å². The molecule has 0 bridgehead atoms. The Labute approximate surface area is 76.0 Å². The maximum absolute atomic E-state index is 5.57. The first-order chi connectivity index (χ1) is 5.55. The topological polar surface area (TPSA) is 26.0 Å². The van der Waals surface area contributed by atoms with Crippen LogP contribution >= 0.6 is 0 Å². The maximum Gasteiger partial charge on any atom is 0.0136 e. The summed E-state index contributed by atoms with van der Waals surface area (Å²) < 4.78 is 0. The lowest BCUT2D eigenvalue weighted by molar-refractivity contribution is 0.208. The van der Waals surface area contributed by atoms with E-state index >= 15 is 0 Å². The first kappa shape index (κ1) is 9.79. The molecule has 0 aliphatic heterocycles. The van der Waals surface area contributed by atoms with Crippen LogP contribution in [0.3, 0.4) is 0 Å². The summed E-state index contributed by atoms with van der Waals surface area (Å²) >= 11 is 0. The molecule has 1 saturated carbocycles. The summed E-state index contributed by atoms with van der Waals surface area (Å²) in [6, 6.07) is 0. The molecular weight excluding hydrogens is 146 g/mol. The van der Waals surface area contributed by atoms with Crippen molar-refractivity contribution in [3.8, 4) is 0 Å². The molecule has 0 radical (unpaired) electrons. The summed E-state index contributed by atoms with van der Waals surface area (Å²) in [7, 11) is 0. The van der Waals surface area contributed by atoms with E-state index in [0.717, 1.165) is 0 Å². The molecule has 1 rings (SSSR count). The molecule has 0 spiro atoms. The lowest BCUT2D eigenvalue weighted by Crippen LogP contribution is -2.24. The van der Waals surface area contributed by atoms with Gasteiger partial charge in [-0.3, -0.25) is 0 Å². The minimum absolute atomic E-state index is 0.561. The van der Waals surface area contributed by atoms with Crippen molar-refractivity contribution >= 4 is 0 Å². The Kier molecular flexibility index (Phi) is 2.94. The average Bonchev–Trinajstić information content (AvgIpc) is 2.03. The molecule has 0 aromatic heterocycles. The van der Waals surface area contributed by atoms with Crippen molar-refractivity contribution in [1.29, 1.82) is 0 Å². The van der Waals surface area contributed by atoms with Gasteiger partial charge in [-0.1, -0.05) is 26.0 Å². The van der Waals surface area contributed by atoms with Crippen molar-refractivity contribution in [1.82, 2.24) is 0 Å². The molecule has 0 saturated heterocycles. The minimum atomic E-state index is 0.561. The molecule has 0 heterocycles. The Morgan fingerprint density at radius 2 is 1.92 bits per heavy atom. The van der Waals surface area contributed by atoms with Crippen LogP contribution in [0.15, 0.2) is 12.2 Å². The van der Waals surface area contributed by atoms with Crippen molar-refractivity contribution < 1.29 is 0 Å². The molecule has 70 valence electrons. The summed E-state index contributed by atoms with van der Waals surface area (Å²) in [5.41, 5.74) is 7.39. The van der Waals surface area contributed by atoms with Gasteiger partial charge in [0, 0.05) is 6.54 Å². The molecule has 1 fully saturated rings. The quantitative estimate of drug-likeness (QED) is 0.629. The van der Waals surface area contributed by atoms with E-state index in [9.17, 15) is 0 Å². The van der Waals surface area contributed by atoms with Crippen molar-refractivity contribution in [3.05, 3.63) is 12.2 Å². The van der Waals surface area contributed by atoms with Crippen LogP contribution in [-0.4, -0.2) is 6.54 Å². The van der Waals surface area contributed by atoms with Crippen molar-refractivity contribution in [2.75, 3.05) is 6.54 Å². The Hall–Kier alpha value is -0.300. The lowest BCUT2D eigenvalue weighted by Gasteiger charge is -2.34. The fourth-order valence-corrected chi connectivity index (χ4v) is 1.97. The van der Waals surface area contributed by atoms with Gasteiger partial charge in [0.15, 0.2) is 0 Å². The Bertz CT molecular complexity index is 160. The van der Waals surface area contributed by atoms with Crippen LogP contribution in [0.4, 0.5) is 0 Å². The van der Waals surface area contributed by atoms with Crippen molar-refractivity contribution in [3.63, 3.8) is 0 Å². The lowest BCUT2D eigenvalue weighted by atomic mass is 9.71. The fourth-order valence-electron chi connectivity index (χ4n) is 1.97. The second-order valence-corrected chi connectivity index (χ2v) is 4.80. The van der Waals surface area contributed by atoms with Crippen LogP contribution in [0.5, 0.6) is 0 Å². The van der Waals surface area contributed by atoms with E-state index in [1.807, 2.05) is 0 Å². The maximum atomic E-state index is 5.57. The molecule has 1 aliphatic rings. The smallest absolute Gasteiger partial charge is 0.0136 e. The molecule has 0 aromatic carbocycles. The van der Waals surface area contributed by atoms with Crippen LogP contribution in [0.2, 0.25) is 0 Å². The third-order valence-corrected chi connectivity index (χ3v) is 3.18. The molecule has 12 heavy (non-hydrogen) atoms. The van der Waals surface area contributed by atoms with Crippen LogP contribution in [0, 0.1) is 11.3 Å². The first-order valence-corrected chi connectivity index (χ1v) is 4.93. The van der Waals surface area contributed by atoms with E-state index in [-0.39, 0.29) is 0 Å². The normalized spacial score (nSPS) is 23.9. The van der Waals surface area contributed by atoms with Gasteiger partial charge in [-0.25, -0.2) is 0 Å². The minimum Gasteiger partial charge on any atom is -0.327 e.